The topological polar surface area (TPSA) is 58.3 Å². The number of aliphatic hydroxyl groups excluding tert-OH is 1. The molecule has 3 unspecified atom stereocenters. The van der Waals surface area contributed by atoms with E-state index >= 15 is 0 Å². The average molecular weight is 172 g/mol. The van der Waals surface area contributed by atoms with Crippen molar-refractivity contribution in [3.63, 3.8) is 0 Å². The van der Waals surface area contributed by atoms with Crippen LogP contribution in [0.3, 0.4) is 0 Å². The van der Waals surface area contributed by atoms with Gasteiger partial charge in [-0.05, 0) is 32.6 Å². The first kappa shape index (κ1) is 9.96. The zero-order valence-corrected chi connectivity index (χ0v) is 7.79. The molecule has 0 aromatic rings. The van der Waals surface area contributed by atoms with Crippen LogP contribution in [0.1, 0.15) is 32.6 Å². The molecular weight excluding hydrogens is 152 g/mol. The molecule has 0 bridgehead atoms. The van der Waals surface area contributed by atoms with Gasteiger partial charge in [-0.1, -0.05) is 0 Å². The maximum Gasteiger partial charge on any atom is 0.0555 e. The first-order valence-corrected chi connectivity index (χ1v) is 4.86. The molecule has 0 saturated heterocycles. The van der Waals surface area contributed by atoms with Crippen molar-refractivity contribution in [3.05, 3.63) is 0 Å². The minimum atomic E-state index is -0.0961. The molecule has 3 nitrogen and oxygen atoms in total. The minimum Gasteiger partial charge on any atom is -0.393 e. The predicted octanol–water partition coefficient (Wildman–Crippen LogP) is 0.227. The van der Waals surface area contributed by atoms with E-state index in [0.29, 0.717) is 18.6 Å². The SMILES string of the molecule is CC(CN)NC1CCCC(O)C1. The highest BCUT2D eigenvalue weighted by Crippen LogP contribution is 2.18. The minimum absolute atomic E-state index is 0.0961. The van der Waals surface area contributed by atoms with Crippen LogP contribution in [0.5, 0.6) is 0 Å². The van der Waals surface area contributed by atoms with Gasteiger partial charge in [-0.2, -0.15) is 0 Å². The van der Waals surface area contributed by atoms with Gasteiger partial charge < -0.3 is 16.2 Å². The lowest BCUT2D eigenvalue weighted by atomic mass is 9.92. The largest absolute Gasteiger partial charge is 0.393 e. The van der Waals surface area contributed by atoms with E-state index in [4.69, 9.17) is 5.73 Å². The smallest absolute Gasteiger partial charge is 0.0555 e. The lowest BCUT2D eigenvalue weighted by Crippen LogP contribution is -2.44. The molecule has 4 N–H and O–H groups in total. The molecule has 3 heteroatoms. The van der Waals surface area contributed by atoms with Gasteiger partial charge in [0.05, 0.1) is 6.10 Å². The summed E-state index contributed by atoms with van der Waals surface area (Å²) < 4.78 is 0. The molecule has 0 spiro atoms. The Labute approximate surface area is 74.3 Å². The first-order chi connectivity index (χ1) is 5.72. The third kappa shape index (κ3) is 3.09. The fraction of sp³-hybridized carbons (Fsp3) is 1.00. The summed E-state index contributed by atoms with van der Waals surface area (Å²) in [4.78, 5) is 0. The summed E-state index contributed by atoms with van der Waals surface area (Å²) in [5, 5.41) is 12.8. The van der Waals surface area contributed by atoms with Crippen LogP contribution in [-0.4, -0.2) is 29.8 Å². The van der Waals surface area contributed by atoms with Crippen LogP contribution in [0.2, 0.25) is 0 Å². The number of hydrogen-bond donors (Lipinski definition) is 3. The molecular formula is C9H20N2O. The van der Waals surface area contributed by atoms with Crippen molar-refractivity contribution in [2.24, 2.45) is 5.73 Å². The van der Waals surface area contributed by atoms with Crippen LogP contribution >= 0.6 is 0 Å². The Balaban J connectivity index is 2.22. The molecule has 1 fully saturated rings. The second-order valence-electron chi connectivity index (χ2n) is 3.82. The van der Waals surface area contributed by atoms with Gasteiger partial charge in [-0.15, -0.1) is 0 Å². The van der Waals surface area contributed by atoms with E-state index in [1.807, 2.05) is 0 Å². The highest BCUT2D eigenvalue weighted by Gasteiger charge is 2.20. The van der Waals surface area contributed by atoms with Crippen molar-refractivity contribution in [1.29, 1.82) is 0 Å². The normalized spacial score (nSPS) is 33.2. The Bertz CT molecular complexity index is 130. The monoisotopic (exact) mass is 172 g/mol. The molecule has 72 valence electrons. The van der Waals surface area contributed by atoms with Crippen molar-refractivity contribution >= 4 is 0 Å². The highest BCUT2D eigenvalue weighted by atomic mass is 16.3. The number of hydrogen-bond acceptors (Lipinski definition) is 3. The van der Waals surface area contributed by atoms with Crippen LogP contribution in [0.25, 0.3) is 0 Å². The Morgan fingerprint density at radius 1 is 1.58 bits per heavy atom. The van der Waals surface area contributed by atoms with Gasteiger partial charge in [0.1, 0.15) is 0 Å². The third-order valence-electron chi connectivity index (χ3n) is 2.52. The van der Waals surface area contributed by atoms with Crippen LogP contribution in [0.4, 0.5) is 0 Å². The van der Waals surface area contributed by atoms with E-state index in [9.17, 15) is 5.11 Å². The van der Waals surface area contributed by atoms with E-state index in [-0.39, 0.29) is 6.10 Å². The van der Waals surface area contributed by atoms with Crippen molar-refractivity contribution in [1.82, 2.24) is 5.32 Å². The molecule has 0 heterocycles. The molecule has 1 aliphatic rings. The maximum absolute atomic E-state index is 9.39. The Hall–Kier alpha value is -0.120. The van der Waals surface area contributed by atoms with Crippen LogP contribution in [0.15, 0.2) is 0 Å². The lowest BCUT2D eigenvalue weighted by Gasteiger charge is -2.29. The quantitative estimate of drug-likeness (QED) is 0.571. The summed E-state index contributed by atoms with van der Waals surface area (Å²) in [7, 11) is 0. The molecule has 0 aromatic carbocycles. The molecule has 0 radical (unpaired) electrons. The van der Waals surface area contributed by atoms with Gasteiger partial charge >= 0.3 is 0 Å². The zero-order chi connectivity index (χ0) is 8.97. The number of aliphatic hydroxyl groups is 1. The van der Waals surface area contributed by atoms with Gasteiger partial charge in [0.25, 0.3) is 0 Å². The van der Waals surface area contributed by atoms with Gasteiger partial charge in [-0.25, -0.2) is 0 Å². The average Bonchev–Trinajstić information content (AvgIpc) is 2.04. The standard InChI is InChI=1S/C9H20N2O/c1-7(6-10)11-8-3-2-4-9(12)5-8/h7-9,11-12H,2-6,10H2,1H3. The second kappa shape index (κ2) is 4.80. The van der Waals surface area contributed by atoms with Crippen molar-refractivity contribution in [2.75, 3.05) is 6.54 Å². The van der Waals surface area contributed by atoms with Crippen molar-refractivity contribution < 1.29 is 5.11 Å². The van der Waals surface area contributed by atoms with Gasteiger partial charge in [0, 0.05) is 18.6 Å². The highest BCUT2D eigenvalue weighted by molar-refractivity contribution is 4.79. The number of nitrogens with one attached hydrogen (secondary N) is 1. The van der Waals surface area contributed by atoms with Gasteiger partial charge in [-0.3, -0.25) is 0 Å². The van der Waals surface area contributed by atoms with Crippen molar-refractivity contribution in [2.45, 2.75) is 50.8 Å². The summed E-state index contributed by atoms with van der Waals surface area (Å²) in [6, 6.07) is 0.854. The third-order valence-corrected chi connectivity index (χ3v) is 2.52. The Morgan fingerprint density at radius 2 is 2.33 bits per heavy atom. The number of nitrogens with two attached hydrogens (primary N) is 1. The van der Waals surface area contributed by atoms with Gasteiger partial charge in [0.2, 0.25) is 0 Å². The Kier molecular flexibility index (Phi) is 3.98. The molecule has 1 saturated carbocycles. The molecule has 1 aliphatic carbocycles. The summed E-state index contributed by atoms with van der Waals surface area (Å²) in [5.41, 5.74) is 5.50. The van der Waals surface area contributed by atoms with E-state index < -0.39 is 0 Å². The summed E-state index contributed by atoms with van der Waals surface area (Å²) in [5.74, 6) is 0. The summed E-state index contributed by atoms with van der Waals surface area (Å²) in [6.45, 7) is 2.76. The molecule has 0 aliphatic heterocycles. The number of rotatable bonds is 3. The van der Waals surface area contributed by atoms with Crippen LogP contribution < -0.4 is 11.1 Å². The Morgan fingerprint density at radius 3 is 2.92 bits per heavy atom. The lowest BCUT2D eigenvalue weighted by molar-refractivity contribution is 0.109. The molecule has 3 atom stereocenters. The molecule has 1 rings (SSSR count). The second-order valence-corrected chi connectivity index (χ2v) is 3.82. The predicted molar refractivity (Wildman–Crippen MR) is 49.9 cm³/mol. The van der Waals surface area contributed by atoms with E-state index in [1.54, 1.807) is 0 Å². The van der Waals surface area contributed by atoms with Crippen molar-refractivity contribution in [3.8, 4) is 0 Å². The summed E-state index contributed by atoms with van der Waals surface area (Å²) in [6.07, 6.45) is 4.08. The zero-order valence-electron chi connectivity index (χ0n) is 7.79. The molecule has 0 amide bonds. The molecule has 0 aromatic heterocycles. The molecule has 12 heavy (non-hydrogen) atoms. The van der Waals surface area contributed by atoms with E-state index in [2.05, 4.69) is 12.2 Å². The van der Waals surface area contributed by atoms with Crippen LogP contribution in [0, 0.1) is 0 Å². The van der Waals surface area contributed by atoms with E-state index in [1.165, 1.54) is 6.42 Å². The fourth-order valence-electron chi connectivity index (χ4n) is 1.79. The first-order valence-electron chi connectivity index (χ1n) is 4.86. The van der Waals surface area contributed by atoms with E-state index in [0.717, 1.165) is 19.3 Å². The van der Waals surface area contributed by atoms with Crippen LogP contribution in [-0.2, 0) is 0 Å². The summed E-state index contributed by atoms with van der Waals surface area (Å²) >= 11 is 0. The maximum atomic E-state index is 9.39. The fourth-order valence-corrected chi connectivity index (χ4v) is 1.79. The van der Waals surface area contributed by atoms with Gasteiger partial charge in [0.15, 0.2) is 0 Å².